The number of pyridine rings is 1. The molecule has 430 valence electrons. The van der Waals surface area contributed by atoms with Crippen LogP contribution in [0.4, 0.5) is 11.5 Å². The third-order valence-electron chi connectivity index (χ3n) is 13.7. The average Bonchev–Trinajstić information content (AvgIpc) is 4.59. The van der Waals surface area contributed by atoms with Crippen molar-refractivity contribution in [3.05, 3.63) is 226 Å². The molecule has 0 aliphatic heterocycles. The maximum absolute atomic E-state index is 12.7. The van der Waals surface area contributed by atoms with E-state index < -0.39 is 0 Å². The topological polar surface area (TPSA) is 273 Å². The molecule has 23 heteroatoms. The number of carbonyl (C=O) groups excluding carboxylic acids is 3. The van der Waals surface area contributed by atoms with E-state index in [2.05, 4.69) is 93.6 Å². The number of amides is 3. The monoisotopic (exact) mass is 1200 g/mol. The number of carbonyl (C=O) groups is 3. The van der Waals surface area contributed by atoms with Crippen molar-refractivity contribution in [3.63, 3.8) is 0 Å². The highest BCUT2D eigenvalue weighted by molar-refractivity contribution is 7.99. The number of thioether (sulfide) groups is 3. The van der Waals surface area contributed by atoms with Crippen molar-refractivity contribution in [1.82, 2.24) is 70.8 Å². The molecule has 20 nitrogen and oxygen atoms in total. The first-order chi connectivity index (χ1) is 42.1. The molecule has 7 heterocycles. The fourth-order valence-electron chi connectivity index (χ4n) is 9.51. The van der Waals surface area contributed by atoms with Crippen molar-refractivity contribution in [1.29, 1.82) is 0 Å². The van der Waals surface area contributed by atoms with Crippen LogP contribution in [0.1, 0.15) is 82.1 Å². The molecule has 12 aromatic rings. The quantitative estimate of drug-likeness (QED) is 0.0365. The summed E-state index contributed by atoms with van der Waals surface area (Å²) in [6, 6.07) is 40.6. The summed E-state index contributed by atoms with van der Waals surface area (Å²) in [7, 11) is 1.62. The van der Waals surface area contributed by atoms with Crippen molar-refractivity contribution in [3.8, 4) is 5.75 Å². The van der Waals surface area contributed by atoms with Gasteiger partial charge in [-0.2, -0.15) is 15.3 Å². The number of aryl methyl sites for hydroxylation is 4. The number of hydrogen-bond acceptors (Lipinski definition) is 17. The predicted molar refractivity (Wildman–Crippen MR) is 335 cm³/mol. The molecule has 3 amide bonds. The average molecular weight is 1200 g/mol. The third kappa shape index (κ3) is 14.7. The Bertz CT molecular complexity index is 4360. The molecular weight excluding hydrogens is 1140 g/mol. The normalized spacial score (nSPS) is 11.5. The van der Waals surface area contributed by atoms with Gasteiger partial charge in [-0.25, -0.2) is 34.9 Å². The number of aromatic nitrogens is 13. The van der Waals surface area contributed by atoms with Crippen molar-refractivity contribution in [2.75, 3.05) is 17.7 Å². The van der Waals surface area contributed by atoms with Crippen LogP contribution in [0.5, 0.6) is 5.75 Å². The zero-order chi connectivity index (χ0) is 59.2. The van der Waals surface area contributed by atoms with Gasteiger partial charge in [0, 0.05) is 57.4 Å². The van der Waals surface area contributed by atoms with Crippen LogP contribution in [-0.4, -0.2) is 90.3 Å². The molecule has 1 aliphatic rings. The van der Waals surface area contributed by atoms with Crippen LogP contribution in [0.25, 0.3) is 33.1 Å². The molecule has 0 radical (unpaired) electrons. The lowest BCUT2D eigenvalue weighted by Crippen LogP contribution is -2.23. The Morgan fingerprint density at radius 1 is 0.523 bits per heavy atom. The first-order valence-electron chi connectivity index (χ1n) is 27.3. The van der Waals surface area contributed by atoms with Gasteiger partial charge in [0.1, 0.15) is 45.6 Å². The second-order valence-corrected chi connectivity index (χ2v) is 22.7. The first-order valence-corrected chi connectivity index (χ1v) is 30.2. The van der Waals surface area contributed by atoms with Crippen molar-refractivity contribution in [2.24, 2.45) is 0 Å². The molecule has 7 aromatic heterocycles. The van der Waals surface area contributed by atoms with Gasteiger partial charge in [0.2, 0.25) is 0 Å². The highest BCUT2D eigenvalue weighted by Crippen LogP contribution is 2.31. The van der Waals surface area contributed by atoms with Crippen LogP contribution in [0.3, 0.4) is 0 Å². The van der Waals surface area contributed by atoms with E-state index in [0.717, 1.165) is 94.7 Å². The third-order valence-corrected chi connectivity index (χ3v) is 16.9. The second-order valence-electron chi connectivity index (χ2n) is 19.8. The molecule has 0 atom stereocenters. The predicted octanol–water partition coefficient (Wildman–Crippen LogP) is 11.9. The molecule has 86 heavy (non-hydrogen) atoms. The maximum atomic E-state index is 12.7. The molecular formula is C63H56N16O4S3. The van der Waals surface area contributed by atoms with Gasteiger partial charge in [-0.15, -0.1) is 35.3 Å². The van der Waals surface area contributed by atoms with Gasteiger partial charge in [0.25, 0.3) is 17.7 Å². The summed E-state index contributed by atoms with van der Waals surface area (Å²) in [6.45, 7) is 4.29. The molecule has 6 N–H and O–H groups in total. The second kappa shape index (κ2) is 27.7. The Morgan fingerprint density at radius 2 is 1.02 bits per heavy atom. The van der Waals surface area contributed by atoms with Crippen LogP contribution < -0.4 is 20.7 Å². The van der Waals surface area contributed by atoms with Gasteiger partial charge in [0.05, 0.1) is 41.9 Å². The van der Waals surface area contributed by atoms with Crippen LogP contribution in [0.15, 0.2) is 180 Å². The minimum atomic E-state index is -0.177. The summed E-state index contributed by atoms with van der Waals surface area (Å²) in [6.07, 6.45) is 13.2. The van der Waals surface area contributed by atoms with E-state index in [1.807, 2.05) is 123 Å². The zero-order valence-corrected chi connectivity index (χ0v) is 49.3. The minimum absolute atomic E-state index is 0.0888. The molecule has 0 saturated carbocycles. The van der Waals surface area contributed by atoms with E-state index in [4.69, 9.17) is 4.74 Å². The van der Waals surface area contributed by atoms with Gasteiger partial charge in [0.15, 0.2) is 16.9 Å². The number of para-hydroxylation sites is 1. The van der Waals surface area contributed by atoms with E-state index in [0.29, 0.717) is 57.6 Å². The van der Waals surface area contributed by atoms with Gasteiger partial charge in [-0.1, -0.05) is 60.7 Å². The lowest BCUT2D eigenvalue weighted by Gasteiger charge is -2.10. The highest BCUT2D eigenvalue weighted by atomic mass is 32.2. The fourth-order valence-corrected chi connectivity index (χ4v) is 12.2. The number of nitrogens with one attached hydrogen (secondary N) is 6. The van der Waals surface area contributed by atoms with Gasteiger partial charge < -0.3 is 20.7 Å². The number of rotatable bonds is 17. The maximum Gasteiger partial charge on any atom is 0.256 e. The Hall–Kier alpha value is -9.84. The SMILES string of the molecule is COc1ccccc1CNC(=O)c1cccc(CSc2ncnc3[nH]ncc23)c1.Cc1cc(C)nc(NC(=O)c2cccc(CSc3ncnc4[nH]ncc34)c2)c1.O=C(Nc1ccc2c(c1)CCC2)c1cccc(CSc2ncnc3[nH]ncc23)c1. The zero-order valence-electron chi connectivity index (χ0n) is 46.9. The van der Waals surface area contributed by atoms with Gasteiger partial charge in [-0.3, -0.25) is 29.7 Å². The summed E-state index contributed by atoms with van der Waals surface area (Å²) < 4.78 is 5.33. The van der Waals surface area contributed by atoms with E-state index in [1.54, 1.807) is 67.1 Å². The number of hydrogen-bond donors (Lipinski definition) is 6. The number of ether oxygens (including phenoxy) is 1. The Labute approximate surface area is 506 Å². The van der Waals surface area contributed by atoms with Gasteiger partial charge >= 0.3 is 0 Å². The van der Waals surface area contributed by atoms with E-state index in [1.165, 1.54) is 36.5 Å². The largest absolute Gasteiger partial charge is 0.496 e. The summed E-state index contributed by atoms with van der Waals surface area (Å²) in [5.74, 6) is 3.00. The van der Waals surface area contributed by atoms with Crippen molar-refractivity contribution >= 4 is 97.6 Å². The number of anilines is 2. The molecule has 0 spiro atoms. The summed E-state index contributed by atoms with van der Waals surface area (Å²) >= 11 is 4.77. The van der Waals surface area contributed by atoms with E-state index >= 15 is 0 Å². The first kappa shape index (κ1) is 58.0. The van der Waals surface area contributed by atoms with Crippen LogP contribution in [-0.2, 0) is 36.6 Å². The standard InChI is InChI=1S/C22H19N5OS.C21H19N5O2S.C20H18N6OS/c28-21(26-18-8-7-15-4-2-5-16(15)10-18)17-6-1-3-14(9-17)12-29-22-19-11-25-27-20(19)23-13-24-22;1-28-18-8-3-2-6-16(18)10-22-20(27)15-7-4-5-14(9-15)12-29-21-17-11-25-26-19(17)23-13-24-21;1-12-6-13(2)24-17(7-12)25-19(27)15-5-3-4-14(8-15)10-28-20-16-9-23-26-18(16)21-11-22-20/h1,3,6-11,13H,2,4-5,12H2,(H,26,28)(H,23,24,25,27);2-9,11,13H,10,12H2,1H3,(H,22,27)(H,23,24,25,26);3-9,11H,10H2,1-2H3,(H,24,25,27)(H,21,22,23,26). The lowest BCUT2D eigenvalue weighted by molar-refractivity contribution is 0.0949. The van der Waals surface area contributed by atoms with Crippen LogP contribution >= 0.6 is 35.3 Å². The molecule has 0 fully saturated rings. The van der Waals surface area contributed by atoms with E-state index in [9.17, 15) is 14.4 Å². The van der Waals surface area contributed by atoms with Crippen molar-refractivity contribution in [2.45, 2.75) is 72.0 Å². The number of benzene rings is 5. The summed E-state index contributed by atoms with van der Waals surface area (Å²) in [5.41, 5.74) is 13.6. The van der Waals surface area contributed by atoms with Crippen LogP contribution in [0.2, 0.25) is 0 Å². The lowest BCUT2D eigenvalue weighted by atomic mass is 10.1. The van der Waals surface area contributed by atoms with E-state index in [-0.39, 0.29) is 17.7 Å². The van der Waals surface area contributed by atoms with Crippen LogP contribution in [0, 0.1) is 13.8 Å². The number of H-pyrrole nitrogens is 3. The number of aromatic amines is 3. The highest BCUT2D eigenvalue weighted by Gasteiger charge is 2.16. The molecule has 0 bridgehead atoms. The molecule has 0 unspecified atom stereocenters. The number of nitrogens with zero attached hydrogens (tertiary/aromatic N) is 10. The number of methoxy groups -OCH3 is 1. The van der Waals surface area contributed by atoms with Crippen molar-refractivity contribution < 1.29 is 19.1 Å². The summed E-state index contributed by atoms with van der Waals surface area (Å²) in [5, 5.41) is 34.7. The minimum Gasteiger partial charge on any atom is -0.496 e. The smallest absolute Gasteiger partial charge is 0.256 e. The molecule has 1 aliphatic carbocycles. The number of fused-ring (bicyclic) bond motifs is 4. The molecule has 5 aromatic carbocycles. The van der Waals surface area contributed by atoms with Gasteiger partial charge in [-0.05, 0) is 133 Å². The molecule has 13 rings (SSSR count). The Morgan fingerprint density at radius 3 is 1.55 bits per heavy atom. The molecule has 0 saturated heterocycles. The fraction of sp³-hybridized carbons (Fsp3) is 0.159. The summed E-state index contributed by atoms with van der Waals surface area (Å²) in [4.78, 5) is 67.8. The Kier molecular flexibility index (Phi) is 18.7. The Balaban J connectivity index is 0.000000134.